The fourth-order valence-corrected chi connectivity index (χ4v) is 3.71. The molecule has 1 fully saturated rings. The monoisotopic (exact) mass is 448 g/mol. The molecular formula is C18H19BrCl2O4. The van der Waals surface area contributed by atoms with Crippen molar-refractivity contribution in [2.75, 3.05) is 0 Å². The van der Waals surface area contributed by atoms with Gasteiger partial charge in [0.05, 0.1) is 11.7 Å². The molecule has 1 saturated carbocycles. The van der Waals surface area contributed by atoms with Crippen LogP contribution >= 0.6 is 39.1 Å². The molecule has 0 heterocycles. The number of hydrogen-bond acceptors (Lipinski definition) is 4. The molecule has 0 bridgehead atoms. The molecule has 25 heavy (non-hydrogen) atoms. The summed E-state index contributed by atoms with van der Waals surface area (Å²) in [4.78, 5) is 25.0. The van der Waals surface area contributed by atoms with E-state index in [4.69, 9.17) is 27.9 Å². The Kier molecular flexibility index (Phi) is 6.71. The van der Waals surface area contributed by atoms with Crippen molar-refractivity contribution in [3.8, 4) is 0 Å². The van der Waals surface area contributed by atoms with E-state index in [1.54, 1.807) is 38.1 Å². The highest BCUT2D eigenvalue weighted by Gasteiger charge is 2.48. The molecule has 0 aromatic heterocycles. The molecule has 0 aliphatic heterocycles. The molecule has 0 saturated heterocycles. The molecule has 1 aromatic rings. The quantitative estimate of drug-likeness (QED) is 0.542. The Morgan fingerprint density at radius 2 is 1.96 bits per heavy atom. The van der Waals surface area contributed by atoms with Gasteiger partial charge in [-0.05, 0) is 44.0 Å². The van der Waals surface area contributed by atoms with Gasteiger partial charge in [0, 0.05) is 16.8 Å². The van der Waals surface area contributed by atoms with Gasteiger partial charge >= 0.3 is 5.97 Å². The Balaban J connectivity index is 2.37. The summed E-state index contributed by atoms with van der Waals surface area (Å²) < 4.78 is 6.00. The summed E-state index contributed by atoms with van der Waals surface area (Å²) >= 11 is 14.9. The first kappa shape index (κ1) is 20.4. The van der Waals surface area contributed by atoms with Crippen LogP contribution in [0.3, 0.4) is 0 Å². The molecule has 2 rings (SSSR count). The van der Waals surface area contributed by atoms with Crippen molar-refractivity contribution in [3.05, 3.63) is 44.9 Å². The second kappa shape index (κ2) is 8.21. The zero-order valence-electron chi connectivity index (χ0n) is 13.8. The molecule has 136 valence electrons. The van der Waals surface area contributed by atoms with Crippen molar-refractivity contribution in [1.29, 1.82) is 0 Å². The lowest BCUT2D eigenvalue weighted by Gasteiger charge is -2.39. The van der Waals surface area contributed by atoms with E-state index in [0.717, 1.165) is 4.47 Å². The first-order valence-corrected chi connectivity index (χ1v) is 9.42. The molecular weight excluding hydrogens is 431 g/mol. The number of esters is 1. The number of benzene rings is 1. The maximum absolute atomic E-state index is 12.7. The summed E-state index contributed by atoms with van der Waals surface area (Å²) in [5.74, 6) is -2.68. The molecule has 1 aliphatic carbocycles. The highest BCUT2D eigenvalue weighted by Crippen LogP contribution is 2.43. The summed E-state index contributed by atoms with van der Waals surface area (Å²) in [7, 11) is 0. The van der Waals surface area contributed by atoms with Crippen LogP contribution < -0.4 is 0 Å². The van der Waals surface area contributed by atoms with Crippen LogP contribution in [0.1, 0.15) is 32.3 Å². The lowest BCUT2D eigenvalue weighted by Crippen LogP contribution is -2.46. The fraction of sp³-hybridized carbons (Fsp3) is 0.444. The molecule has 3 unspecified atom stereocenters. The van der Waals surface area contributed by atoms with Crippen LogP contribution in [0.2, 0.25) is 0 Å². The van der Waals surface area contributed by atoms with Crippen LogP contribution in [0.25, 0.3) is 0 Å². The Hall–Kier alpha value is -0.880. The predicted octanol–water partition coefficient (Wildman–Crippen LogP) is 4.50. The molecule has 3 atom stereocenters. The van der Waals surface area contributed by atoms with Crippen LogP contribution in [0.4, 0.5) is 0 Å². The minimum atomic E-state index is -1.39. The molecule has 1 aromatic carbocycles. The number of Topliss-reactive ketones (excluding diaryl/α,β-unsaturated/α-hetero) is 1. The number of allylic oxidation sites excluding steroid dienone is 1. The van der Waals surface area contributed by atoms with E-state index in [0.29, 0.717) is 5.56 Å². The van der Waals surface area contributed by atoms with E-state index in [1.807, 2.05) is 0 Å². The summed E-state index contributed by atoms with van der Waals surface area (Å²) in [6, 6.07) is 7.06. The van der Waals surface area contributed by atoms with Crippen molar-refractivity contribution in [2.24, 2.45) is 11.8 Å². The van der Waals surface area contributed by atoms with Gasteiger partial charge in [-0.1, -0.05) is 51.3 Å². The number of halogens is 3. The van der Waals surface area contributed by atoms with E-state index in [-0.39, 0.29) is 23.4 Å². The second-order valence-corrected chi connectivity index (χ2v) is 8.39. The Labute approximate surface area is 165 Å². The van der Waals surface area contributed by atoms with E-state index < -0.39 is 29.2 Å². The second-order valence-electron chi connectivity index (χ2n) is 6.47. The lowest BCUT2D eigenvalue weighted by molar-refractivity contribution is -0.162. The fourth-order valence-electron chi connectivity index (χ4n) is 3.13. The summed E-state index contributed by atoms with van der Waals surface area (Å²) in [5, 5.41) is 11.1. The van der Waals surface area contributed by atoms with Crippen molar-refractivity contribution in [3.63, 3.8) is 0 Å². The number of ether oxygens (including phenoxy) is 1. The van der Waals surface area contributed by atoms with Crippen LogP contribution in [0.15, 0.2) is 39.3 Å². The lowest BCUT2D eigenvalue weighted by atomic mass is 9.68. The Morgan fingerprint density at radius 1 is 1.36 bits per heavy atom. The topological polar surface area (TPSA) is 63.6 Å². The third-order valence-corrected chi connectivity index (χ3v) is 4.92. The summed E-state index contributed by atoms with van der Waals surface area (Å²) in [6.07, 6.45) is 1.05. The van der Waals surface area contributed by atoms with Gasteiger partial charge in [0.15, 0.2) is 5.78 Å². The number of rotatable bonds is 4. The number of carbonyl (C=O) groups is 2. The maximum atomic E-state index is 12.7. The minimum absolute atomic E-state index is 0.0554. The average Bonchev–Trinajstić information content (AvgIpc) is 2.45. The van der Waals surface area contributed by atoms with Crippen molar-refractivity contribution >= 4 is 50.9 Å². The Morgan fingerprint density at radius 3 is 2.48 bits per heavy atom. The van der Waals surface area contributed by atoms with Gasteiger partial charge in [0.25, 0.3) is 0 Å². The zero-order chi connectivity index (χ0) is 18.8. The average molecular weight is 450 g/mol. The third-order valence-electron chi connectivity index (χ3n) is 4.14. The van der Waals surface area contributed by atoms with Gasteiger partial charge in [0.2, 0.25) is 0 Å². The number of carbonyl (C=O) groups excluding carboxylic acids is 2. The van der Waals surface area contributed by atoms with Crippen LogP contribution in [-0.2, 0) is 19.9 Å². The van der Waals surface area contributed by atoms with E-state index in [2.05, 4.69) is 15.9 Å². The number of ketones is 1. The van der Waals surface area contributed by atoms with Gasteiger partial charge in [-0.15, -0.1) is 0 Å². The zero-order valence-corrected chi connectivity index (χ0v) is 16.9. The molecule has 4 nitrogen and oxygen atoms in total. The molecule has 0 spiro atoms. The van der Waals surface area contributed by atoms with Gasteiger partial charge in [-0.3, -0.25) is 9.59 Å². The summed E-state index contributed by atoms with van der Waals surface area (Å²) in [5.41, 5.74) is -0.791. The maximum Gasteiger partial charge on any atom is 0.317 e. The predicted molar refractivity (Wildman–Crippen MR) is 100 cm³/mol. The first-order chi connectivity index (χ1) is 11.6. The molecule has 1 aliphatic rings. The van der Waals surface area contributed by atoms with Crippen LogP contribution in [0.5, 0.6) is 0 Å². The number of aliphatic hydroxyl groups is 1. The van der Waals surface area contributed by atoms with E-state index >= 15 is 0 Å². The molecule has 0 amide bonds. The molecule has 1 N–H and O–H groups in total. The molecule has 7 heteroatoms. The Bertz CT molecular complexity index is 683. The van der Waals surface area contributed by atoms with Crippen molar-refractivity contribution < 1.29 is 19.4 Å². The van der Waals surface area contributed by atoms with Crippen LogP contribution in [-0.4, -0.2) is 23.0 Å². The smallest absolute Gasteiger partial charge is 0.317 e. The number of hydrogen-bond donors (Lipinski definition) is 1. The molecule has 0 radical (unpaired) electrons. The van der Waals surface area contributed by atoms with Crippen molar-refractivity contribution in [2.45, 2.75) is 38.4 Å². The highest BCUT2D eigenvalue weighted by molar-refractivity contribution is 9.10. The van der Waals surface area contributed by atoms with Crippen molar-refractivity contribution in [1.82, 2.24) is 0 Å². The summed E-state index contributed by atoms with van der Waals surface area (Å²) in [6.45, 7) is 3.42. The highest BCUT2D eigenvalue weighted by atomic mass is 79.9. The SMILES string of the molecule is CC(C)OC(=O)C1C(=O)CC(O)(c2ccc(Br)cc2)CC1C=C(Cl)Cl. The standard InChI is InChI=1S/C18H19BrCl2O4/c1-10(2)25-17(23)16-11(7-15(20)21)8-18(24,9-14(16)22)12-3-5-13(19)6-4-12/h3-7,10-11,16,24H,8-9H2,1-2H3. The normalized spacial score (nSPS) is 26.4. The van der Waals surface area contributed by atoms with E-state index in [9.17, 15) is 14.7 Å². The van der Waals surface area contributed by atoms with Gasteiger partial charge in [-0.2, -0.15) is 0 Å². The van der Waals surface area contributed by atoms with E-state index in [1.165, 1.54) is 6.08 Å². The largest absolute Gasteiger partial charge is 0.462 e. The van der Waals surface area contributed by atoms with Crippen LogP contribution in [0, 0.1) is 11.8 Å². The first-order valence-electron chi connectivity index (χ1n) is 7.87. The van der Waals surface area contributed by atoms with Gasteiger partial charge in [-0.25, -0.2) is 0 Å². The minimum Gasteiger partial charge on any atom is -0.462 e. The van der Waals surface area contributed by atoms with Gasteiger partial charge in [0.1, 0.15) is 10.4 Å². The van der Waals surface area contributed by atoms with Gasteiger partial charge < -0.3 is 9.84 Å². The third kappa shape index (κ3) is 5.07.